The third kappa shape index (κ3) is 3.52. The van der Waals surface area contributed by atoms with Gasteiger partial charge in [-0.1, -0.05) is 62.4 Å². The summed E-state index contributed by atoms with van der Waals surface area (Å²) in [6.07, 6.45) is 1.74. The second-order valence-electron chi connectivity index (χ2n) is 9.20. The number of hydrogen-bond acceptors (Lipinski definition) is 4. The summed E-state index contributed by atoms with van der Waals surface area (Å²) in [5.41, 5.74) is 2.69. The van der Waals surface area contributed by atoms with E-state index in [2.05, 4.69) is 32.0 Å². The largest absolute Gasteiger partial charge is 0.452 e. The first-order valence-electron chi connectivity index (χ1n) is 10.5. The van der Waals surface area contributed by atoms with Crippen molar-refractivity contribution in [3.8, 4) is 0 Å². The van der Waals surface area contributed by atoms with Gasteiger partial charge in [-0.2, -0.15) is 0 Å². The van der Waals surface area contributed by atoms with Gasteiger partial charge in [0, 0.05) is 11.8 Å². The van der Waals surface area contributed by atoms with Crippen molar-refractivity contribution in [1.82, 2.24) is 0 Å². The Morgan fingerprint density at radius 3 is 2.53 bits per heavy atom. The number of ketones is 1. The van der Waals surface area contributed by atoms with Gasteiger partial charge in [0.05, 0.1) is 26.0 Å². The molecule has 1 amide bonds. The lowest BCUT2D eigenvalue weighted by Crippen LogP contribution is -2.62. The number of nitrogens with zero attached hydrogens (tertiary/aromatic N) is 1. The number of carbonyl (C=O) groups is 2. The van der Waals surface area contributed by atoms with Gasteiger partial charge in [-0.25, -0.2) is 4.79 Å². The summed E-state index contributed by atoms with van der Waals surface area (Å²) in [4.78, 5) is 26.6. The number of hydrogen-bond donors (Lipinski definition) is 0. The van der Waals surface area contributed by atoms with Gasteiger partial charge >= 0.3 is 6.09 Å². The van der Waals surface area contributed by atoms with E-state index in [-0.39, 0.29) is 16.6 Å². The average molecular weight is 408 g/mol. The zero-order valence-corrected chi connectivity index (χ0v) is 17.9. The maximum Gasteiger partial charge on any atom is 0.414 e. The molecule has 2 aromatic carbocycles. The first-order chi connectivity index (χ1) is 14.4. The molecule has 1 heterocycles. The van der Waals surface area contributed by atoms with Crippen LogP contribution in [-0.4, -0.2) is 31.6 Å². The standard InChI is InChI=1S/C25H29NO4/c1-24(2,17-30-16-18-9-5-4-6-10-18)13-14-25-15-21(27)22(25)26(23(28)29-3)20-12-8-7-11-19(20)25/h4-12,22H,13-17H2,1-3H3/t22-,25-/m0/s1. The number of ether oxygens (including phenoxy) is 2. The quantitative estimate of drug-likeness (QED) is 0.657. The SMILES string of the molecule is COC(=O)N1c2ccccc2[C@]2(CCC(C)(C)COCc3ccccc3)CC(=O)[C@H]12. The lowest BCUT2D eigenvalue weighted by molar-refractivity contribution is -0.131. The highest BCUT2D eigenvalue weighted by Crippen LogP contribution is 2.57. The molecule has 4 rings (SSSR count). The molecule has 1 fully saturated rings. The highest BCUT2D eigenvalue weighted by molar-refractivity contribution is 6.08. The smallest absolute Gasteiger partial charge is 0.414 e. The molecule has 0 radical (unpaired) electrons. The second-order valence-corrected chi connectivity index (χ2v) is 9.20. The number of para-hydroxylation sites is 1. The molecule has 30 heavy (non-hydrogen) atoms. The molecular weight excluding hydrogens is 378 g/mol. The fourth-order valence-corrected chi connectivity index (χ4v) is 4.87. The second kappa shape index (κ2) is 7.88. The number of amides is 1. The molecule has 0 saturated heterocycles. The van der Waals surface area contributed by atoms with Crippen LogP contribution >= 0.6 is 0 Å². The van der Waals surface area contributed by atoms with E-state index in [1.807, 2.05) is 36.4 Å². The predicted octanol–water partition coefficient (Wildman–Crippen LogP) is 4.88. The maximum absolute atomic E-state index is 12.6. The summed E-state index contributed by atoms with van der Waals surface area (Å²) in [7, 11) is 1.36. The van der Waals surface area contributed by atoms with Crippen LogP contribution in [-0.2, 0) is 26.3 Å². The number of methoxy groups -OCH3 is 1. The van der Waals surface area contributed by atoms with Crippen LogP contribution in [0.4, 0.5) is 10.5 Å². The van der Waals surface area contributed by atoms with Crippen LogP contribution in [0, 0.1) is 5.41 Å². The molecule has 1 aliphatic carbocycles. The van der Waals surface area contributed by atoms with Gasteiger partial charge in [0.25, 0.3) is 0 Å². The van der Waals surface area contributed by atoms with Crippen LogP contribution in [0.2, 0.25) is 0 Å². The average Bonchev–Trinajstić information content (AvgIpc) is 2.98. The Morgan fingerprint density at radius 2 is 1.83 bits per heavy atom. The van der Waals surface area contributed by atoms with E-state index in [0.29, 0.717) is 19.6 Å². The Hall–Kier alpha value is -2.66. The van der Waals surface area contributed by atoms with Crippen LogP contribution in [0.3, 0.4) is 0 Å². The molecule has 0 N–H and O–H groups in total. The molecule has 0 unspecified atom stereocenters. The topological polar surface area (TPSA) is 55.8 Å². The molecule has 0 bridgehead atoms. The minimum absolute atomic E-state index is 0.0413. The van der Waals surface area contributed by atoms with Crippen LogP contribution in [0.5, 0.6) is 0 Å². The third-order valence-corrected chi connectivity index (χ3v) is 6.50. The van der Waals surface area contributed by atoms with Gasteiger partial charge in [-0.3, -0.25) is 9.69 Å². The van der Waals surface area contributed by atoms with Crippen molar-refractivity contribution in [3.63, 3.8) is 0 Å². The Morgan fingerprint density at radius 1 is 1.13 bits per heavy atom. The zero-order valence-electron chi connectivity index (χ0n) is 17.9. The lowest BCUT2D eigenvalue weighted by atomic mass is 9.58. The van der Waals surface area contributed by atoms with Crippen molar-refractivity contribution in [3.05, 3.63) is 65.7 Å². The van der Waals surface area contributed by atoms with Crippen molar-refractivity contribution >= 4 is 17.6 Å². The molecule has 2 atom stereocenters. The van der Waals surface area contributed by atoms with E-state index in [1.54, 1.807) is 4.90 Å². The van der Waals surface area contributed by atoms with Gasteiger partial charge < -0.3 is 9.47 Å². The highest BCUT2D eigenvalue weighted by Gasteiger charge is 2.64. The minimum atomic E-state index is -0.465. The number of Topliss-reactive ketones (excluding diaryl/α,β-unsaturated/α-hetero) is 1. The third-order valence-electron chi connectivity index (χ3n) is 6.50. The van der Waals surface area contributed by atoms with Gasteiger partial charge in [0.2, 0.25) is 0 Å². The zero-order chi connectivity index (χ0) is 21.4. The summed E-state index contributed by atoms with van der Waals surface area (Å²) < 4.78 is 11.0. The van der Waals surface area contributed by atoms with Crippen molar-refractivity contribution < 1.29 is 19.1 Å². The molecule has 2 aliphatic rings. The van der Waals surface area contributed by atoms with Gasteiger partial charge in [0.15, 0.2) is 5.78 Å². The Balaban J connectivity index is 1.47. The van der Waals surface area contributed by atoms with Crippen LogP contribution < -0.4 is 4.90 Å². The number of fused-ring (bicyclic) bond motifs is 3. The molecule has 2 aromatic rings. The van der Waals surface area contributed by atoms with Gasteiger partial charge in [-0.15, -0.1) is 0 Å². The fraction of sp³-hybridized carbons (Fsp3) is 0.440. The summed E-state index contributed by atoms with van der Waals surface area (Å²) in [6, 6.07) is 17.5. The molecule has 5 heteroatoms. The fourth-order valence-electron chi connectivity index (χ4n) is 4.87. The first kappa shape index (κ1) is 20.6. The summed E-state index contributed by atoms with van der Waals surface area (Å²) >= 11 is 0. The molecular formula is C25H29NO4. The molecule has 0 aromatic heterocycles. The van der Waals surface area contributed by atoms with Crippen molar-refractivity contribution in [2.45, 2.75) is 51.2 Å². The summed E-state index contributed by atoms with van der Waals surface area (Å²) in [5.74, 6) is 0.106. The molecule has 0 spiro atoms. The van der Waals surface area contributed by atoms with E-state index in [9.17, 15) is 9.59 Å². The van der Waals surface area contributed by atoms with Crippen LogP contribution in [0.1, 0.15) is 44.2 Å². The first-order valence-corrected chi connectivity index (χ1v) is 10.5. The number of carbonyl (C=O) groups excluding carboxylic acids is 2. The predicted molar refractivity (Wildman–Crippen MR) is 116 cm³/mol. The van der Waals surface area contributed by atoms with Crippen molar-refractivity contribution in [2.75, 3.05) is 18.6 Å². The Labute approximate surface area is 178 Å². The molecule has 5 nitrogen and oxygen atoms in total. The van der Waals surface area contributed by atoms with E-state index >= 15 is 0 Å². The highest BCUT2D eigenvalue weighted by atomic mass is 16.5. The van der Waals surface area contributed by atoms with Crippen LogP contribution in [0.25, 0.3) is 0 Å². The summed E-state index contributed by atoms with van der Waals surface area (Å²) in [5, 5.41) is 0. The van der Waals surface area contributed by atoms with E-state index in [0.717, 1.165) is 29.7 Å². The number of benzene rings is 2. The number of anilines is 1. The normalized spacial score (nSPS) is 22.3. The maximum atomic E-state index is 12.6. The van der Waals surface area contributed by atoms with Gasteiger partial charge in [-0.05, 0) is 35.4 Å². The molecule has 1 aliphatic heterocycles. The Kier molecular flexibility index (Phi) is 5.41. The summed E-state index contributed by atoms with van der Waals surface area (Å²) in [6.45, 7) is 5.63. The number of rotatable bonds is 7. The monoisotopic (exact) mass is 407 g/mol. The Bertz CT molecular complexity index is 939. The van der Waals surface area contributed by atoms with Crippen molar-refractivity contribution in [2.24, 2.45) is 5.41 Å². The molecule has 1 saturated carbocycles. The van der Waals surface area contributed by atoms with Gasteiger partial charge in [0.1, 0.15) is 6.04 Å². The van der Waals surface area contributed by atoms with E-state index < -0.39 is 12.1 Å². The van der Waals surface area contributed by atoms with E-state index in [4.69, 9.17) is 9.47 Å². The van der Waals surface area contributed by atoms with Crippen molar-refractivity contribution in [1.29, 1.82) is 0 Å². The lowest BCUT2D eigenvalue weighted by Gasteiger charge is -2.46. The molecule has 158 valence electrons. The van der Waals surface area contributed by atoms with Crippen LogP contribution in [0.15, 0.2) is 54.6 Å². The van der Waals surface area contributed by atoms with E-state index in [1.165, 1.54) is 7.11 Å². The minimum Gasteiger partial charge on any atom is -0.452 e.